The van der Waals surface area contributed by atoms with Crippen molar-refractivity contribution >= 4 is 15.9 Å². The minimum absolute atomic E-state index is 0.259. The second-order valence-electron chi connectivity index (χ2n) is 5.70. The fourth-order valence-electron chi connectivity index (χ4n) is 2.46. The topological polar surface area (TPSA) is 39.7 Å². The monoisotopic (exact) mass is 425 g/mol. The van der Waals surface area contributed by atoms with Crippen LogP contribution in [0.1, 0.15) is 24.5 Å². The first-order valence-corrected chi connectivity index (χ1v) is 9.46. The van der Waals surface area contributed by atoms with Gasteiger partial charge in [-0.15, -0.1) is 0 Å². The van der Waals surface area contributed by atoms with Crippen molar-refractivity contribution in [3.05, 3.63) is 57.8 Å². The lowest BCUT2D eigenvalue weighted by Gasteiger charge is -2.17. The molecule has 0 atom stereocenters. The molecule has 0 saturated heterocycles. The molecule has 2 rings (SSSR count). The summed E-state index contributed by atoms with van der Waals surface area (Å²) in [6.07, 6.45) is 0.946. The molecule has 4 nitrogen and oxygen atoms in total. The zero-order valence-electron chi connectivity index (χ0n) is 15.2. The first-order chi connectivity index (χ1) is 12.7. The third-order valence-corrected chi connectivity index (χ3v) is 4.57. The van der Waals surface area contributed by atoms with E-state index in [0.717, 1.165) is 41.8 Å². The van der Waals surface area contributed by atoms with Crippen molar-refractivity contribution in [3.8, 4) is 11.5 Å². The summed E-state index contributed by atoms with van der Waals surface area (Å²) in [6.45, 7) is 5.30. The molecule has 0 bridgehead atoms. The Bertz CT molecular complexity index is 680. The van der Waals surface area contributed by atoms with E-state index in [2.05, 4.69) is 21.2 Å². The van der Waals surface area contributed by atoms with E-state index in [9.17, 15) is 4.39 Å². The number of hydrogen-bond acceptors (Lipinski definition) is 4. The lowest BCUT2D eigenvalue weighted by atomic mass is 10.1. The van der Waals surface area contributed by atoms with Gasteiger partial charge in [0.15, 0.2) is 11.5 Å². The average molecular weight is 426 g/mol. The highest BCUT2D eigenvalue weighted by Gasteiger charge is 2.14. The van der Waals surface area contributed by atoms with Gasteiger partial charge in [-0.05, 0) is 49.7 Å². The van der Waals surface area contributed by atoms with Gasteiger partial charge in [-0.2, -0.15) is 0 Å². The number of halogens is 2. The molecule has 26 heavy (non-hydrogen) atoms. The first-order valence-electron chi connectivity index (χ1n) is 8.66. The van der Waals surface area contributed by atoms with Crippen LogP contribution < -0.4 is 14.8 Å². The van der Waals surface area contributed by atoms with Crippen LogP contribution in [0.4, 0.5) is 4.39 Å². The maximum atomic E-state index is 13.1. The van der Waals surface area contributed by atoms with Gasteiger partial charge in [0.1, 0.15) is 12.4 Å². The molecule has 142 valence electrons. The smallest absolute Gasteiger partial charge is 0.167 e. The lowest BCUT2D eigenvalue weighted by Crippen LogP contribution is -2.17. The highest BCUT2D eigenvalue weighted by Crippen LogP contribution is 2.36. The van der Waals surface area contributed by atoms with E-state index in [1.165, 1.54) is 12.1 Å². The Kier molecular flexibility index (Phi) is 8.88. The Morgan fingerprint density at radius 1 is 1.12 bits per heavy atom. The van der Waals surface area contributed by atoms with Crippen LogP contribution >= 0.6 is 15.9 Å². The fraction of sp³-hybridized carbons (Fsp3) is 0.400. The molecule has 0 radical (unpaired) electrons. The number of ether oxygens (including phenoxy) is 3. The third-order valence-electron chi connectivity index (χ3n) is 3.83. The van der Waals surface area contributed by atoms with Gasteiger partial charge < -0.3 is 19.5 Å². The average Bonchev–Trinajstić information content (AvgIpc) is 2.65. The molecular formula is C20H25BrFNO3. The highest BCUT2D eigenvalue weighted by molar-refractivity contribution is 9.10. The third kappa shape index (κ3) is 6.27. The van der Waals surface area contributed by atoms with Crippen molar-refractivity contribution < 1.29 is 18.6 Å². The van der Waals surface area contributed by atoms with Crippen LogP contribution in [-0.4, -0.2) is 26.9 Å². The second-order valence-corrected chi connectivity index (χ2v) is 6.55. The van der Waals surface area contributed by atoms with E-state index in [0.29, 0.717) is 24.7 Å². The molecule has 2 aromatic carbocycles. The summed E-state index contributed by atoms with van der Waals surface area (Å²) < 4.78 is 30.8. The van der Waals surface area contributed by atoms with E-state index >= 15 is 0 Å². The minimum Gasteiger partial charge on any atom is -0.493 e. The van der Waals surface area contributed by atoms with Crippen molar-refractivity contribution in [1.82, 2.24) is 5.32 Å². The van der Waals surface area contributed by atoms with Crippen molar-refractivity contribution in [2.45, 2.75) is 26.5 Å². The summed E-state index contributed by atoms with van der Waals surface area (Å²) >= 11 is 3.59. The molecule has 0 heterocycles. The highest BCUT2D eigenvalue weighted by atomic mass is 79.9. The van der Waals surface area contributed by atoms with Gasteiger partial charge >= 0.3 is 0 Å². The molecule has 0 unspecified atom stereocenters. The van der Waals surface area contributed by atoms with Crippen molar-refractivity contribution in [3.63, 3.8) is 0 Å². The fourth-order valence-corrected chi connectivity index (χ4v) is 2.91. The van der Waals surface area contributed by atoms with Crippen LogP contribution in [-0.2, 0) is 17.9 Å². The lowest BCUT2D eigenvalue weighted by molar-refractivity contribution is 0.144. The Morgan fingerprint density at radius 2 is 1.88 bits per heavy atom. The summed E-state index contributed by atoms with van der Waals surface area (Å²) in [4.78, 5) is 0. The normalized spacial score (nSPS) is 10.8. The second kappa shape index (κ2) is 11.2. The largest absolute Gasteiger partial charge is 0.493 e. The summed E-state index contributed by atoms with van der Waals surface area (Å²) in [5, 5.41) is 3.40. The predicted molar refractivity (Wildman–Crippen MR) is 104 cm³/mol. The summed E-state index contributed by atoms with van der Waals surface area (Å²) in [7, 11) is 1.62. The maximum absolute atomic E-state index is 13.1. The Hall–Kier alpha value is -1.63. The molecule has 0 aromatic heterocycles. The van der Waals surface area contributed by atoms with Gasteiger partial charge in [0.05, 0.1) is 7.11 Å². The number of hydrogen-bond donors (Lipinski definition) is 1. The molecule has 0 fully saturated rings. The van der Waals surface area contributed by atoms with Gasteiger partial charge in [0.25, 0.3) is 0 Å². The van der Waals surface area contributed by atoms with Crippen LogP contribution in [0.5, 0.6) is 11.5 Å². The number of benzene rings is 2. The minimum atomic E-state index is -0.259. The quantitative estimate of drug-likeness (QED) is 0.530. The van der Waals surface area contributed by atoms with Crippen LogP contribution in [0.3, 0.4) is 0 Å². The molecule has 0 aliphatic carbocycles. The summed E-state index contributed by atoms with van der Waals surface area (Å²) in [5.74, 6) is 1.09. The van der Waals surface area contributed by atoms with Crippen LogP contribution in [0, 0.1) is 5.82 Å². The van der Waals surface area contributed by atoms with Gasteiger partial charge in [-0.1, -0.05) is 28.1 Å². The maximum Gasteiger partial charge on any atom is 0.167 e. The Morgan fingerprint density at radius 3 is 2.58 bits per heavy atom. The molecular weight excluding hydrogens is 401 g/mol. The SMILES string of the molecule is CCOCCCNCc1c(Br)ccc(OC)c1OCc1ccc(F)cc1. The Balaban J connectivity index is 2.04. The van der Waals surface area contributed by atoms with Crippen molar-refractivity contribution in [2.24, 2.45) is 0 Å². The summed E-state index contributed by atoms with van der Waals surface area (Å²) in [6, 6.07) is 10.1. The molecule has 0 aliphatic rings. The number of methoxy groups -OCH3 is 1. The van der Waals surface area contributed by atoms with Crippen molar-refractivity contribution in [1.29, 1.82) is 0 Å². The van der Waals surface area contributed by atoms with Crippen LogP contribution in [0.2, 0.25) is 0 Å². The first kappa shape index (κ1) is 20.7. The van der Waals surface area contributed by atoms with Crippen molar-refractivity contribution in [2.75, 3.05) is 26.9 Å². The van der Waals surface area contributed by atoms with Gasteiger partial charge in [-0.25, -0.2) is 4.39 Å². The molecule has 0 amide bonds. The van der Waals surface area contributed by atoms with Crippen LogP contribution in [0.25, 0.3) is 0 Å². The van der Waals surface area contributed by atoms with E-state index in [4.69, 9.17) is 14.2 Å². The number of nitrogens with one attached hydrogen (secondary N) is 1. The molecule has 1 N–H and O–H groups in total. The predicted octanol–water partition coefficient (Wildman–Crippen LogP) is 4.69. The summed E-state index contributed by atoms with van der Waals surface area (Å²) in [5.41, 5.74) is 1.88. The molecule has 0 aliphatic heterocycles. The van der Waals surface area contributed by atoms with E-state index < -0.39 is 0 Å². The van der Waals surface area contributed by atoms with E-state index in [-0.39, 0.29) is 5.82 Å². The van der Waals surface area contributed by atoms with Gasteiger partial charge in [0.2, 0.25) is 0 Å². The zero-order valence-corrected chi connectivity index (χ0v) is 16.8. The van der Waals surface area contributed by atoms with E-state index in [1.54, 1.807) is 19.2 Å². The van der Waals surface area contributed by atoms with Gasteiger partial charge in [-0.3, -0.25) is 0 Å². The molecule has 0 saturated carbocycles. The van der Waals surface area contributed by atoms with Crippen LogP contribution in [0.15, 0.2) is 40.9 Å². The standard InChI is InChI=1S/C20H25BrFNO3/c1-3-25-12-4-11-23-13-17-18(21)9-10-19(24-2)20(17)26-14-15-5-7-16(22)8-6-15/h5-10,23H,3-4,11-14H2,1-2H3. The Labute approximate surface area is 162 Å². The van der Waals surface area contributed by atoms with Gasteiger partial charge in [0, 0.05) is 29.8 Å². The van der Waals surface area contributed by atoms with E-state index in [1.807, 2.05) is 19.1 Å². The zero-order chi connectivity index (χ0) is 18.8. The number of rotatable bonds is 11. The molecule has 6 heteroatoms. The molecule has 2 aromatic rings. The molecule has 0 spiro atoms.